The maximum Gasteiger partial charge on any atom is 0.203 e. The molecule has 0 saturated heterocycles. The second-order valence-corrected chi connectivity index (χ2v) is 6.01. The van der Waals surface area contributed by atoms with Crippen LogP contribution >= 0.6 is 0 Å². The molecule has 8 nitrogen and oxygen atoms in total. The first-order valence-corrected chi connectivity index (χ1v) is 8.43. The summed E-state index contributed by atoms with van der Waals surface area (Å²) in [5, 5.41) is 10.7. The molecule has 1 aliphatic heterocycles. The second-order valence-electron chi connectivity index (χ2n) is 6.01. The molecule has 8 heteroatoms. The van der Waals surface area contributed by atoms with Crippen LogP contribution in [-0.2, 0) is 0 Å². The first-order valence-electron chi connectivity index (χ1n) is 8.43. The number of carbonyl (C=O) groups is 1. The molecule has 1 heterocycles. The Balaban J connectivity index is 2.12. The van der Waals surface area contributed by atoms with E-state index in [1.165, 1.54) is 35.5 Å². The molecule has 0 aliphatic carbocycles. The lowest BCUT2D eigenvalue weighted by Crippen LogP contribution is -2.36. The van der Waals surface area contributed by atoms with Crippen LogP contribution in [0.15, 0.2) is 24.3 Å². The molecule has 1 N–H and O–H groups in total. The Morgan fingerprint density at radius 1 is 0.821 bits per heavy atom. The van der Waals surface area contributed by atoms with Gasteiger partial charge in [-0.3, -0.25) is 4.79 Å². The van der Waals surface area contributed by atoms with Crippen LogP contribution in [-0.4, -0.2) is 52.5 Å². The van der Waals surface area contributed by atoms with Gasteiger partial charge >= 0.3 is 0 Å². The number of aliphatic hydroxyl groups excluding tert-OH is 1. The summed E-state index contributed by atoms with van der Waals surface area (Å²) >= 11 is 0. The van der Waals surface area contributed by atoms with Gasteiger partial charge in [-0.25, -0.2) is 0 Å². The highest BCUT2D eigenvalue weighted by molar-refractivity contribution is 6.05. The fraction of sp³-hybridized carbons (Fsp3) is 0.350. The highest BCUT2D eigenvalue weighted by Crippen LogP contribution is 2.45. The van der Waals surface area contributed by atoms with Crippen molar-refractivity contribution in [2.24, 2.45) is 0 Å². The van der Waals surface area contributed by atoms with Crippen molar-refractivity contribution < 1.29 is 38.3 Å². The molecule has 0 saturated carbocycles. The van der Waals surface area contributed by atoms with Gasteiger partial charge in [-0.15, -0.1) is 0 Å². The zero-order valence-electron chi connectivity index (χ0n) is 16.3. The number of Topliss-reactive ketones (excluding diaryl/α,β-unsaturated/α-hetero) is 1. The van der Waals surface area contributed by atoms with Crippen molar-refractivity contribution in [3.05, 3.63) is 35.4 Å². The van der Waals surface area contributed by atoms with Crippen molar-refractivity contribution >= 4 is 5.78 Å². The molecular formula is C20H22O8. The van der Waals surface area contributed by atoms with E-state index in [9.17, 15) is 9.90 Å². The predicted octanol–water partition coefficient (Wildman–Crippen LogP) is 2.41. The van der Waals surface area contributed by atoms with E-state index in [0.29, 0.717) is 28.6 Å². The normalized spacial score (nSPS) is 18.0. The van der Waals surface area contributed by atoms with Crippen LogP contribution in [0.5, 0.6) is 34.5 Å². The maximum absolute atomic E-state index is 12.9. The van der Waals surface area contributed by atoms with Gasteiger partial charge in [0, 0.05) is 17.7 Å². The summed E-state index contributed by atoms with van der Waals surface area (Å²) in [6.45, 7) is 0. The third-order valence-corrected chi connectivity index (χ3v) is 4.57. The van der Waals surface area contributed by atoms with Gasteiger partial charge < -0.3 is 33.5 Å². The lowest BCUT2D eigenvalue weighted by atomic mass is 9.92. The number of hydrogen-bond donors (Lipinski definition) is 1. The Morgan fingerprint density at radius 2 is 1.43 bits per heavy atom. The number of benzene rings is 2. The lowest BCUT2D eigenvalue weighted by Gasteiger charge is -2.31. The molecule has 2 atom stereocenters. The van der Waals surface area contributed by atoms with Gasteiger partial charge in [0.2, 0.25) is 11.5 Å². The first kappa shape index (κ1) is 19.6. The van der Waals surface area contributed by atoms with Crippen molar-refractivity contribution in [1.82, 2.24) is 0 Å². The second kappa shape index (κ2) is 7.85. The average molecular weight is 390 g/mol. The first-order chi connectivity index (χ1) is 13.5. The topological polar surface area (TPSA) is 92.7 Å². The Hall–Kier alpha value is -3.13. The summed E-state index contributed by atoms with van der Waals surface area (Å²) in [4.78, 5) is 12.9. The molecule has 0 spiro atoms. The summed E-state index contributed by atoms with van der Waals surface area (Å²) in [6, 6.07) is 6.40. The van der Waals surface area contributed by atoms with E-state index in [2.05, 4.69) is 0 Å². The van der Waals surface area contributed by atoms with E-state index in [0.717, 1.165) is 0 Å². The highest BCUT2D eigenvalue weighted by atomic mass is 16.5. The molecule has 3 rings (SSSR count). The van der Waals surface area contributed by atoms with E-state index in [4.69, 9.17) is 28.4 Å². The number of fused-ring (bicyclic) bond motifs is 1. The largest absolute Gasteiger partial charge is 0.496 e. The van der Waals surface area contributed by atoms with E-state index < -0.39 is 18.0 Å². The molecule has 0 radical (unpaired) electrons. The molecule has 2 unspecified atom stereocenters. The molecular weight excluding hydrogens is 368 g/mol. The summed E-state index contributed by atoms with van der Waals surface area (Å²) in [7, 11) is 7.38. The number of methoxy groups -OCH3 is 5. The quantitative estimate of drug-likeness (QED) is 0.804. The molecule has 0 amide bonds. The van der Waals surface area contributed by atoms with Gasteiger partial charge in [-0.2, -0.15) is 0 Å². The minimum absolute atomic E-state index is 0.166. The van der Waals surface area contributed by atoms with Crippen LogP contribution in [0.4, 0.5) is 0 Å². The van der Waals surface area contributed by atoms with Crippen molar-refractivity contribution in [2.45, 2.75) is 12.2 Å². The van der Waals surface area contributed by atoms with Crippen molar-refractivity contribution in [3.63, 3.8) is 0 Å². The van der Waals surface area contributed by atoms with E-state index in [-0.39, 0.29) is 17.1 Å². The monoisotopic (exact) mass is 390 g/mol. The van der Waals surface area contributed by atoms with Gasteiger partial charge in [-0.1, -0.05) is 0 Å². The molecule has 28 heavy (non-hydrogen) atoms. The number of hydrogen-bond acceptors (Lipinski definition) is 8. The molecule has 0 fully saturated rings. The smallest absolute Gasteiger partial charge is 0.203 e. The summed E-state index contributed by atoms with van der Waals surface area (Å²) < 4.78 is 32.5. The molecule has 0 aromatic heterocycles. The Labute approximate surface area is 162 Å². The van der Waals surface area contributed by atoms with Crippen molar-refractivity contribution in [3.8, 4) is 34.5 Å². The third kappa shape index (κ3) is 3.16. The lowest BCUT2D eigenvalue weighted by molar-refractivity contribution is 0.0209. The van der Waals surface area contributed by atoms with E-state index in [1.807, 2.05) is 0 Å². The standard InChI is InChI=1S/C20H22O8/c1-23-11-8-12(24-2)16-13(9-11)28-19(18(22)17(16)21)10-6-14(25-3)20(27-5)15(7-10)26-4/h6-9,18-19,22H,1-5H3. The van der Waals surface area contributed by atoms with Gasteiger partial charge in [-0.05, 0) is 12.1 Å². The number of aliphatic hydroxyl groups is 1. The third-order valence-electron chi connectivity index (χ3n) is 4.57. The van der Waals surface area contributed by atoms with E-state index >= 15 is 0 Å². The minimum atomic E-state index is -1.45. The SMILES string of the molecule is COc1cc(OC)c2c(c1)OC(c1cc(OC)c(OC)c(OC)c1)C(O)C2=O. The maximum atomic E-state index is 12.9. The van der Waals surface area contributed by atoms with Gasteiger partial charge in [0.15, 0.2) is 23.7 Å². The number of ketones is 1. The van der Waals surface area contributed by atoms with Crippen molar-refractivity contribution in [2.75, 3.05) is 35.5 Å². The molecule has 2 aromatic carbocycles. The van der Waals surface area contributed by atoms with Crippen LogP contribution in [0.3, 0.4) is 0 Å². The predicted molar refractivity (Wildman–Crippen MR) is 99.4 cm³/mol. The van der Waals surface area contributed by atoms with Crippen LogP contribution in [0, 0.1) is 0 Å². The van der Waals surface area contributed by atoms with Crippen LogP contribution in [0.2, 0.25) is 0 Å². The Bertz CT molecular complexity index is 867. The fourth-order valence-corrected chi connectivity index (χ4v) is 3.18. The molecule has 2 aromatic rings. The molecule has 1 aliphatic rings. The summed E-state index contributed by atoms with van der Waals surface area (Å²) in [6.07, 6.45) is -2.43. The Morgan fingerprint density at radius 3 is 1.93 bits per heavy atom. The number of rotatable bonds is 6. The summed E-state index contributed by atoms with van der Waals surface area (Å²) in [5.41, 5.74) is 0.655. The summed E-state index contributed by atoms with van der Waals surface area (Å²) in [5.74, 6) is 1.63. The Kier molecular flexibility index (Phi) is 5.51. The van der Waals surface area contributed by atoms with Gasteiger partial charge in [0.1, 0.15) is 22.8 Å². The number of carbonyl (C=O) groups excluding carboxylic acids is 1. The highest BCUT2D eigenvalue weighted by Gasteiger charge is 2.40. The van der Waals surface area contributed by atoms with Crippen LogP contribution in [0.25, 0.3) is 0 Å². The minimum Gasteiger partial charge on any atom is -0.496 e. The van der Waals surface area contributed by atoms with Crippen LogP contribution < -0.4 is 28.4 Å². The fourth-order valence-electron chi connectivity index (χ4n) is 3.18. The molecule has 150 valence electrons. The van der Waals surface area contributed by atoms with Gasteiger partial charge in [0.05, 0.1) is 35.5 Å². The average Bonchev–Trinajstić information content (AvgIpc) is 2.73. The van der Waals surface area contributed by atoms with Crippen LogP contribution in [0.1, 0.15) is 22.0 Å². The zero-order valence-corrected chi connectivity index (χ0v) is 16.3. The van der Waals surface area contributed by atoms with E-state index in [1.54, 1.807) is 24.3 Å². The van der Waals surface area contributed by atoms with Gasteiger partial charge in [0.25, 0.3) is 0 Å². The molecule has 0 bridgehead atoms. The number of ether oxygens (including phenoxy) is 6. The van der Waals surface area contributed by atoms with Crippen molar-refractivity contribution in [1.29, 1.82) is 0 Å². The zero-order chi connectivity index (χ0) is 20.4.